The largest absolute Gasteiger partial charge is 0.416 e. The first-order chi connectivity index (χ1) is 9.88. The van der Waals surface area contributed by atoms with E-state index in [0.717, 1.165) is 11.6 Å². The van der Waals surface area contributed by atoms with Gasteiger partial charge < -0.3 is 5.32 Å². The van der Waals surface area contributed by atoms with E-state index in [4.69, 9.17) is 0 Å². The fourth-order valence-corrected chi connectivity index (χ4v) is 1.69. The Bertz CT molecular complexity index is 638. The summed E-state index contributed by atoms with van der Waals surface area (Å²) in [6, 6.07) is 11.3. The van der Waals surface area contributed by atoms with Crippen molar-refractivity contribution >= 4 is 5.91 Å². The molecule has 1 amide bonds. The summed E-state index contributed by atoms with van der Waals surface area (Å²) in [6.07, 6.45) is -4.64. The van der Waals surface area contributed by atoms with E-state index in [0.29, 0.717) is 12.1 Å². The molecule has 0 saturated carbocycles. The van der Waals surface area contributed by atoms with Crippen molar-refractivity contribution in [1.82, 2.24) is 5.32 Å². The molecule has 0 bridgehead atoms. The highest BCUT2D eigenvalue weighted by atomic mass is 19.4. The van der Waals surface area contributed by atoms with Gasteiger partial charge in [0, 0.05) is 6.54 Å². The summed E-state index contributed by atoms with van der Waals surface area (Å²) in [7, 11) is 0. The van der Waals surface area contributed by atoms with Crippen LogP contribution in [0, 0.1) is 11.9 Å². The lowest BCUT2D eigenvalue weighted by Crippen LogP contribution is -2.24. The van der Waals surface area contributed by atoms with Gasteiger partial charge in [-0.05, 0) is 29.8 Å². The summed E-state index contributed by atoms with van der Waals surface area (Å²) in [5, 5.41) is 2.44. The Balaban J connectivity index is 2.09. The lowest BCUT2D eigenvalue weighted by molar-refractivity contribution is -0.137. The topological polar surface area (TPSA) is 29.1 Å². The summed E-state index contributed by atoms with van der Waals surface area (Å²) in [5.74, 6) is -1.97. The van der Waals surface area contributed by atoms with Gasteiger partial charge in [0.1, 0.15) is 5.82 Å². The lowest BCUT2D eigenvalue weighted by atomic mass is 10.1. The standard InChI is InChI=1S/C15H10F4NO/c16-13-8-11(15(17,18)19)6-7-12(13)14(21)20-9-10-4-2-1-3-5-10/h2-8H,9H2,(H,20,21). The Labute approximate surface area is 118 Å². The molecule has 0 spiro atoms. The highest BCUT2D eigenvalue weighted by Gasteiger charge is 2.31. The van der Waals surface area contributed by atoms with Crippen LogP contribution in [0.25, 0.3) is 0 Å². The van der Waals surface area contributed by atoms with Crippen LogP contribution in [-0.2, 0) is 12.7 Å². The van der Waals surface area contributed by atoms with Gasteiger partial charge in [0.05, 0.1) is 11.1 Å². The van der Waals surface area contributed by atoms with Crippen molar-refractivity contribution in [2.45, 2.75) is 12.7 Å². The molecule has 0 atom stereocenters. The van der Waals surface area contributed by atoms with Crippen molar-refractivity contribution in [3.63, 3.8) is 0 Å². The molecule has 2 rings (SSSR count). The van der Waals surface area contributed by atoms with Crippen LogP contribution in [0.2, 0.25) is 0 Å². The minimum absolute atomic E-state index is 0.147. The molecule has 2 aromatic rings. The minimum atomic E-state index is -4.64. The van der Waals surface area contributed by atoms with Gasteiger partial charge in [-0.25, -0.2) is 4.39 Å². The van der Waals surface area contributed by atoms with E-state index >= 15 is 0 Å². The number of hydrogen-bond donors (Lipinski definition) is 1. The van der Waals surface area contributed by atoms with Crippen molar-refractivity contribution in [2.24, 2.45) is 0 Å². The second-order valence-electron chi connectivity index (χ2n) is 4.28. The predicted molar refractivity (Wildman–Crippen MR) is 67.9 cm³/mol. The third kappa shape index (κ3) is 3.81. The van der Waals surface area contributed by atoms with Gasteiger partial charge in [-0.1, -0.05) is 24.3 Å². The van der Waals surface area contributed by atoms with E-state index in [1.807, 2.05) is 0 Å². The number of nitrogens with one attached hydrogen (secondary N) is 1. The highest BCUT2D eigenvalue weighted by molar-refractivity contribution is 5.94. The first kappa shape index (κ1) is 15.0. The molecule has 1 N–H and O–H groups in total. The van der Waals surface area contributed by atoms with Gasteiger partial charge >= 0.3 is 6.18 Å². The molecule has 0 aliphatic heterocycles. The third-order valence-corrected chi connectivity index (χ3v) is 2.78. The number of carbonyl (C=O) groups excluding carboxylic acids is 1. The summed E-state index contributed by atoms with van der Waals surface area (Å²) in [5.41, 5.74) is -0.782. The molecule has 0 aliphatic carbocycles. The lowest BCUT2D eigenvalue weighted by Gasteiger charge is -2.09. The third-order valence-electron chi connectivity index (χ3n) is 2.78. The molecule has 0 aromatic heterocycles. The maximum absolute atomic E-state index is 13.6. The summed E-state index contributed by atoms with van der Waals surface area (Å²) in [4.78, 5) is 11.8. The van der Waals surface area contributed by atoms with Gasteiger partial charge in [-0.2, -0.15) is 13.2 Å². The van der Waals surface area contributed by atoms with Gasteiger partial charge in [0.2, 0.25) is 0 Å². The van der Waals surface area contributed by atoms with Gasteiger partial charge in [0.15, 0.2) is 0 Å². The maximum atomic E-state index is 13.6. The number of halogens is 4. The van der Waals surface area contributed by atoms with Crippen LogP contribution >= 0.6 is 0 Å². The molecule has 21 heavy (non-hydrogen) atoms. The summed E-state index contributed by atoms with van der Waals surface area (Å²) < 4.78 is 50.8. The van der Waals surface area contributed by atoms with Crippen LogP contribution in [-0.4, -0.2) is 5.91 Å². The first-order valence-corrected chi connectivity index (χ1v) is 5.98. The van der Waals surface area contributed by atoms with Crippen molar-refractivity contribution in [1.29, 1.82) is 0 Å². The van der Waals surface area contributed by atoms with Crippen LogP contribution < -0.4 is 5.32 Å². The number of rotatable bonds is 3. The average molecular weight is 296 g/mol. The quantitative estimate of drug-likeness (QED) is 0.862. The molecule has 0 fully saturated rings. The average Bonchev–Trinajstić information content (AvgIpc) is 2.45. The number of benzene rings is 2. The van der Waals surface area contributed by atoms with Crippen LogP contribution in [0.5, 0.6) is 0 Å². The zero-order valence-corrected chi connectivity index (χ0v) is 10.7. The number of alkyl halides is 3. The molecular weight excluding hydrogens is 286 g/mol. The second kappa shape index (κ2) is 5.95. The fraction of sp³-hybridized carbons (Fsp3) is 0.133. The molecule has 109 valence electrons. The van der Waals surface area contributed by atoms with Crippen LogP contribution in [0.4, 0.5) is 17.6 Å². The van der Waals surface area contributed by atoms with E-state index in [9.17, 15) is 22.4 Å². The summed E-state index contributed by atoms with van der Waals surface area (Å²) >= 11 is 0. The molecule has 0 saturated heterocycles. The second-order valence-corrected chi connectivity index (χ2v) is 4.28. The van der Waals surface area contributed by atoms with Crippen LogP contribution in [0.3, 0.4) is 0 Å². The molecule has 2 nitrogen and oxygen atoms in total. The number of hydrogen-bond acceptors (Lipinski definition) is 1. The monoisotopic (exact) mass is 296 g/mol. The Hall–Kier alpha value is -2.37. The number of carbonyl (C=O) groups is 1. The molecule has 1 radical (unpaired) electrons. The van der Waals surface area contributed by atoms with Crippen molar-refractivity contribution in [2.75, 3.05) is 0 Å². The van der Waals surface area contributed by atoms with E-state index in [1.54, 1.807) is 24.3 Å². The highest BCUT2D eigenvalue weighted by Crippen LogP contribution is 2.30. The molecule has 0 aliphatic rings. The van der Waals surface area contributed by atoms with E-state index in [2.05, 4.69) is 11.4 Å². The van der Waals surface area contributed by atoms with Crippen molar-refractivity contribution in [3.8, 4) is 0 Å². The maximum Gasteiger partial charge on any atom is 0.416 e. The Morgan fingerprint density at radius 1 is 1.14 bits per heavy atom. The van der Waals surface area contributed by atoms with E-state index in [-0.39, 0.29) is 6.54 Å². The molecule has 2 aromatic carbocycles. The van der Waals surface area contributed by atoms with Crippen LogP contribution in [0.1, 0.15) is 21.5 Å². The Morgan fingerprint density at radius 2 is 1.81 bits per heavy atom. The van der Waals surface area contributed by atoms with Crippen molar-refractivity contribution < 1.29 is 22.4 Å². The molecule has 0 unspecified atom stereocenters. The predicted octanol–water partition coefficient (Wildman–Crippen LogP) is 3.57. The minimum Gasteiger partial charge on any atom is -0.348 e. The van der Waals surface area contributed by atoms with Crippen molar-refractivity contribution in [3.05, 3.63) is 71.0 Å². The van der Waals surface area contributed by atoms with E-state index in [1.165, 1.54) is 0 Å². The summed E-state index contributed by atoms with van der Waals surface area (Å²) in [6.45, 7) is 0.147. The van der Waals surface area contributed by atoms with Gasteiger partial charge in [0.25, 0.3) is 5.91 Å². The Kier molecular flexibility index (Phi) is 4.26. The van der Waals surface area contributed by atoms with E-state index < -0.39 is 29.0 Å². The fourth-order valence-electron chi connectivity index (χ4n) is 1.69. The van der Waals surface area contributed by atoms with Crippen LogP contribution in [0.15, 0.2) is 42.5 Å². The molecule has 0 heterocycles. The first-order valence-electron chi connectivity index (χ1n) is 5.98. The SMILES string of the molecule is O=C(NCc1cc[c]cc1)c1ccc(C(F)(F)F)cc1F. The number of amides is 1. The molecular formula is C15H10F4NO. The Morgan fingerprint density at radius 3 is 2.38 bits per heavy atom. The zero-order valence-electron chi connectivity index (χ0n) is 10.7. The van der Waals surface area contributed by atoms with Gasteiger partial charge in [-0.15, -0.1) is 0 Å². The zero-order chi connectivity index (χ0) is 15.5. The normalized spacial score (nSPS) is 11.2. The van der Waals surface area contributed by atoms with Gasteiger partial charge in [-0.3, -0.25) is 4.79 Å². The smallest absolute Gasteiger partial charge is 0.348 e. The molecule has 6 heteroatoms.